The summed E-state index contributed by atoms with van der Waals surface area (Å²) in [6.07, 6.45) is 6.46. The quantitative estimate of drug-likeness (QED) is 0.229. The van der Waals surface area contributed by atoms with E-state index in [9.17, 15) is 34.8 Å². The van der Waals surface area contributed by atoms with Crippen LogP contribution in [0.15, 0.2) is 76.8 Å². The summed E-state index contributed by atoms with van der Waals surface area (Å²) < 4.78 is 100. The van der Waals surface area contributed by atoms with Gasteiger partial charge in [0, 0.05) is 36.8 Å². The number of ether oxygens (including phenoxy) is 1. The number of sulfonamides is 1. The molecule has 1 aliphatic heterocycles. The fraction of sp³-hybridized carbons (Fsp3) is 0.310. The van der Waals surface area contributed by atoms with Crippen LogP contribution in [-0.4, -0.2) is 68.3 Å². The molecule has 16 heteroatoms. The first-order valence-corrected chi connectivity index (χ1v) is 17.0. The first-order chi connectivity index (χ1) is 21.3. The number of nitrogens with one attached hydrogen (secondary N) is 3. The van der Waals surface area contributed by atoms with E-state index >= 15 is 0 Å². The Balaban J connectivity index is 1.25. The zero-order chi connectivity index (χ0) is 32.0. The molecular weight excluding hydrogens is 635 g/mol. The molecule has 6 rings (SSSR count). The molecule has 4 aromatic rings. The molecule has 0 radical (unpaired) electrons. The molecule has 2 aromatic heterocycles. The molecule has 2 aromatic carbocycles. The molecule has 45 heavy (non-hydrogen) atoms. The number of hydrogen-bond acceptors (Lipinski definition) is 9. The fourth-order valence-corrected chi connectivity index (χ4v) is 7.30. The molecule has 3 N–H and O–H groups in total. The Kier molecular flexibility index (Phi) is 7.99. The van der Waals surface area contributed by atoms with E-state index in [1.54, 1.807) is 24.4 Å². The van der Waals surface area contributed by atoms with Crippen molar-refractivity contribution in [3.05, 3.63) is 72.6 Å². The predicted molar refractivity (Wildman–Crippen MR) is 158 cm³/mol. The minimum Gasteiger partial charge on any atom is -0.455 e. The molecule has 0 spiro atoms. The second-order valence-corrected chi connectivity index (χ2v) is 14.5. The average Bonchev–Trinajstić information content (AvgIpc) is 3.74. The molecule has 1 saturated heterocycles. The number of halogens is 3. The Bertz CT molecular complexity index is 1970. The Morgan fingerprint density at radius 1 is 0.978 bits per heavy atom. The van der Waals surface area contributed by atoms with Crippen LogP contribution in [0, 0.1) is 0 Å². The first kappa shape index (κ1) is 30.9. The molecule has 238 valence electrons. The summed E-state index contributed by atoms with van der Waals surface area (Å²) in [5.74, 6) is -0.908. The van der Waals surface area contributed by atoms with E-state index in [1.165, 1.54) is 24.4 Å². The van der Waals surface area contributed by atoms with Gasteiger partial charge < -0.3 is 19.9 Å². The van der Waals surface area contributed by atoms with Gasteiger partial charge in [0.25, 0.3) is 25.8 Å². The minimum absolute atomic E-state index is 0.0190. The summed E-state index contributed by atoms with van der Waals surface area (Å²) in [4.78, 5) is 20.5. The number of nitrogens with zero attached hydrogens (tertiary/aromatic N) is 2. The number of sulfone groups is 1. The van der Waals surface area contributed by atoms with E-state index in [2.05, 4.69) is 20.2 Å². The number of rotatable bonds is 9. The van der Waals surface area contributed by atoms with Crippen LogP contribution in [0.4, 0.5) is 18.9 Å². The summed E-state index contributed by atoms with van der Waals surface area (Å²) in [6.45, 7) is 1.43. The number of aromatic amines is 1. The number of benzene rings is 2. The normalized spacial score (nSPS) is 16.9. The van der Waals surface area contributed by atoms with E-state index in [1.807, 2.05) is 4.72 Å². The molecule has 1 saturated carbocycles. The number of para-hydroxylation sites is 1. The number of amides is 1. The number of anilines is 1. The van der Waals surface area contributed by atoms with Crippen LogP contribution in [0.5, 0.6) is 11.5 Å². The molecule has 3 heterocycles. The highest BCUT2D eigenvalue weighted by Crippen LogP contribution is 2.37. The van der Waals surface area contributed by atoms with Crippen molar-refractivity contribution in [3.8, 4) is 11.5 Å². The van der Waals surface area contributed by atoms with Gasteiger partial charge in [0.15, 0.2) is 0 Å². The van der Waals surface area contributed by atoms with Crippen molar-refractivity contribution in [2.24, 2.45) is 0 Å². The van der Waals surface area contributed by atoms with Crippen LogP contribution in [0.2, 0.25) is 0 Å². The number of piperidine rings is 1. The van der Waals surface area contributed by atoms with Crippen LogP contribution < -0.4 is 14.8 Å². The number of likely N-dealkylation sites (tertiary alicyclic amines) is 1. The van der Waals surface area contributed by atoms with Gasteiger partial charge in [-0.1, -0.05) is 12.1 Å². The molecular formula is C29H28F3N5O6S2. The second kappa shape index (κ2) is 11.7. The number of pyridine rings is 1. The third-order valence-electron chi connectivity index (χ3n) is 7.77. The average molecular weight is 664 g/mol. The summed E-state index contributed by atoms with van der Waals surface area (Å²) in [5.41, 5.74) is -5.66. The Labute approximate surface area is 256 Å². The van der Waals surface area contributed by atoms with Gasteiger partial charge in [-0.3, -0.25) is 4.79 Å². The number of fused-ring (bicyclic) bond motifs is 1. The van der Waals surface area contributed by atoms with Gasteiger partial charge in [0.2, 0.25) is 0 Å². The van der Waals surface area contributed by atoms with Crippen molar-refractivity contribution in [1.82, 2.24) is 19.6 Å². The number of H-pyrrole nitrogens is 1. The second-order valence-electron chi connectivity index (χ2n) is 10.9. The maximum Gasteiger partial charge on any atom is 0.501 e. The molecule has 0 bridgehead atoms. The molecule has 2 fully saturated rings. The van der Waals surface area contributed by atoms with E-state index in [0.29, 0.717) is 43.7 Å². The van der Waals surface area contributed by atoms with E-state index in [0.717, 1.165) is 30.4 Å². The van der Waals surface area contributed by atoms with Crippen molar-refractivity contribution >= 4 is 42.5 Å². The lowest BCUT2D eigenvalue weighted by molar-refractivity contribution is -0.0435. The fourth-order valence-electron chi connectivity index (χ4n) is 5.29. The maximum atomic E-state index is 13.7. The van der Waals surface area contributed by atoms with Crippen LogP contribution in [-0.2, 0) is 19.9 Å². The Morgan fingerprint density at radius 2 is 1.71 bits per heavy atom. The number of aromatic nitrogens is 2. The van der Waals surface area contributed by atoms with Gasteiger partial charge in [-0.2, -0.15) is 13.2 Å². The number of hydrogen-bond donors (Lipinski definition) is 3. The highest BCUT2D eigenvalue weighted by Gasteiger charge is 2.48. The molecule has 1 aliphatic carbocycles. The van der Waals surface area contributed by atoms with E-state index in [4.69, 9.17) is 4.74 Å². The van der Waals surface area contributed by atoms with Gasteiger partial charge >= 0.3 is 5.51 Å². The highest BCUT2D eigenvalue weighted by atomic mass is 32.2. The van der Waals surface area contributed by atoms with Crippen molar-refractivity contribution in [1.29, 1.82) is 0 Å². The Hall–Kier alpha value is -4.15. The van der Waals surface area contributed by atoms with Crippen molar-refractivity contribution in [2.45, 2.75) is 53.1 Å². The SMILES string of the molecule is O=C(NS(=O)(=O)c1ccc(NC2CCN(C3CC3)CC2)c(S(=O)(=O)C(F)(F)F)c1)c1ccccc1Oc1cnc2[nH]ccc2c1. The monoisotopic (exact) mass is 663 g/mol. The molecule has 0 atom stereocenters. The topological polar surface area (TPSA) is 151 Å². The van der Waals surface area contributed by atoms with Crippen LogP contribution in [0.3, 0.4) is 0 Å². The summed E-state index contributed by atoms with van der Waals surface area (Å²) in [7, 11) is -10.8. The van der Waals surface area contributed by atoms with Gasteiger partial charge in [0.1, 0.15) is 22.0 Å². The summed E-state index contributed by atoms with van der Waals surface area (Å²) in [6, 6.07) is 11.7. The van der Waals surface area contributed by atoms with Gasteiger partial charge in [-0.25, -0.2) is 26.5 Å². The van der Waals surface area contributed by atoms with E-state index < -0.39 is 41.1 Å². The third-order valence-corrected chi connectivity index (χ3v) is 10.6. The molecule has 2 aliphatic rings. The van der Waals surface area contributed by atoms with Gasteiger partial charge in [-0.05, 0) is 68.1 Å². The van der Waals surface area contributed by atoms with Gasteiger partial charge in [0.05, 0.1) is 22.3 Å². The molecule has 0 unspecified atom stereocenters. The maximum absolute atomic E-state index is 13.7. The minimum atomic E-state index is -5.97. The van der Waals surface area contributed by atoms with Gasteiger partial charge in [-0.15, -0.1) is 0 Å². The van der Waals surface area contributed by atoms with Crippen LogP contribution in [0.1, 0.15) is 36.0 Å². The van der Waals surface area contributed by atoms with Crippen LogP contribution in [0.25, 0.3) is 11.0 Å². The summed E-state index contributed by atoms with van der Waals surface area (Å²) in [5, 5.41) is 3.61. The Morgan fingerprint density at radius 3 is 2.42 bits per heavy atom. The third kappa shape index (κ3) is 6.48. The standard InChI is InChI=1S/C29H28F3N5O6S2/c30-29(31,32)44(39,40)26-16-22(7-8-24(26)35-19-10-13-37(14-11-19)20-5-6-20)45(41,42)36-28(38)23-3-1-2-4-25(23)43-21-15-18-9-12-33-27(18)34-17-21/h1-4,7-9,12,15-17,19-20,35H,5-6,10-11,13-14H2,(H,33,34)(H,36,38). The lowest BCUT2D eigenvalue weighted by atomic mass is 10.0. The molecule has 11 nitrogen and oxygen atoms in total. The lowest BCUT2D eigenvalue weighted by Gasteiger charge is -2.33. The van der Waals surface area contributed by atoms with Crippen molar-refractivity contribution < 1.29 is 39.5 Å². The number of carbonyl (C=O) groups is 1. The predicted octanol–water partition coefficient (Wildman–Crippen LogP) is 4.81. The zero-order valence-electron chi connectivity index (χ0n) is 23.5. The zero-order valence-corrected chi connectivity index (χ0v) is 25.2. The van der Waals surface area contributed by atoms with Crippen molar-refractivity contribution in [3.63, 3.8) is 0 Å². The number of carbonyl (C=O) groups excluding carboxylic acids is 1. The lowest BCUT2D eigenvalue weighted by Crippen LogP contribution is -2.40. The highest BCUT2D eigenvalue weighted by molar-refractivity contribution is 7.92. The first-order valence-electron chi connectivity index (χ1n) is 14.0. The van der Waals surface area contributed by atoms with E-state index in [-0.39, 0.29) is 28.8 Å². The van der Waals surface area contributed by atoms with Crippen molar-refractivity contribution in [2.75, 3.05) is 18.4 Å². The largest absolute Gasteiger partial charge is 0.501 e. The number of alkyl halides is 3. The smallest absolute Gasteiger partial charge is 0.455 e. The summed E-state index contributed by atoms with van der Waals surface area (Å²) >= 11 is 0. The van der Waals surface area contributed by atoms with Crippen LogP contribution >= 0.6 is 0 Å². The molecule has 1 amide bonds.